The van der Waals surface area contributed by atoms with Crippen molar-refractivity contribution in [2.24, 2.45) is 4.99 Å². The van der Waals surface area contributed by atoms with Crippen LogP contribution in [0.25, 0.3) is 0 Å². The van der Waals surface area contributed by atoms with Crippen LogP contribution in [0.1, 0.15) is 46.1 Å². The second kappa shape index (κ2) is 11.1. The summed E-state index contributed by atoms with van der Waals surface area (Å²) >= 11 is 0. The monoisotopic (exact) mass is 487 g/mol. The van der Waals surface area contributed by atoms with E-state index in [1.165, 1.54) is 7.11 Å². The van der Waals surface area contributed by atoms with Gasteiger partial charge in [-0.05, 0) is 62.2 Å². The van der Waals surface area contributed by atoms with Gasteiger partial charge in [-0.3, -0.25) is 14.8 Å². The van der Waals surface area contributed by atoms with Crippen molar-refractivity contribution in [2.75, 3.05) is 12.4 Å². The van der Waals surface area contributed by atoms with Crippen LogP contribution in [0.15, 0.2) is 53.7 Å². The van der Waals surface area contributed by atoms with Crippen LogP contribution in [0.5, 0.6) is 5.75 Å². The summed E-state index contributed by atoms with van der Waals surface area (Å²) in [4.78, 5) is 17.4. The lowest BCUT2D eigenvalue weighted by Gasteiger charge is -2.15. The van der Waals surface area contributed by atoms with E-state index >= 15 is 0 Å². The number of aromatic nitrogens is 2. The molecule has 10 heteroatoms. The Morgan fingerprint density at radius 2 is 1.86 bits per heavy atom. The van der Waals surface area contributed by atoms with Gasteiger partial charge in [-0.2, -0.15) is 18.3 Å². The highest BCUT2D eigenvalue weighted by atomic mass is 19.4. The number of aryl methyl sites for hydroxylation is 3. The van der Waals surface area contributed by atoms with Gasteiger partial charge in [-0.1, -0.05) is 13.0 Å². The van der Waals surface area contributed by atoms with Gasteiger partial charge in [-0.15, -0.1) is 0 Å². The van der Waals surface area contributed by atoms with Crippen LogP contribution >= 0.6 is 0 Å². The quantitative estimate of drug-likeness (QED) is 0.349. The lowest BCUT2D eigenvalue weighted by atomic mass is 10.1. The molecule has 0 saturated heterocycles. The van der Waals surface area contributed by atoms with Crippen LogP contribution in [-0.4, -0.2) is 28.8 Å². The zero-order chi connectivity index (χ0) is 25.6. The summed E-state index contributed by atoms with van der Waals surface area (Å²) in [5, 5.41) is 10.2. The first kappa shape index (κ1) is 25.8. The number of nitrogens with one attached hydrogen (secondary N) is 2. The van der Waals surface area contributed by atoms with Gasteiger partial charge in [0.05, 0.1) is 30.6 Å². The predicted octanol–water partition coefficient (Wildman–Crippen LogP) is 5.34. The molecule has 0 aliphatic rings. The summed E-state index contributed by atoms with van der Waals surface area (Å²) in [5.41, 5.74) is 2.48. The smallest absolute Gasteiger partial charge is 0.416 e. The van der Waals surface area contributed by atoms with E-state index in [9.17, 15) is 18.0 Å². The Kier molecular flexibility index (Phi) is 8.16. The molecule has 0 spiro atoms. The number of methoxy groups -OCH3 is 1. The number of nitrogens with zero attached hydrogens (tertiary/aromatic N) is 3. The normalized spacial score (nSPS) is 11.9. The number of anilines is 1. The van der Waals surface area contributed by atoms with Gasteiger partial charge in [0.1, 0.15) is 5.75 Å². The van der Waals surface area contributed by atoms with E-state index in [2.05, 4.69) is 27.6 Å². The molecule has 2 N–H and O–H groups in total. The molecule has 3 aromatic rings. The zero-order valence-corrected chi connectivity index (χ0v) is 20.0. The SMILES string of the molecule is CCCn1cc(CN=C(NC(=O)c2ccc(C(F)(F)F)cc2)Nc2cc(C)ccc2OC)c(C)n1. The van der Waals surface area contributed by atoms with Crippen molar-refractivity contribution in [1.82, 2.24) is 15.1 Å². The molecule has 0 saturated carbocycles. The zero-order valence-electron chi connectivity index (χ0n) is 20.0. The number of amides is 1. The van der Waals surface area contributed by atoms with E-state index in [1.54, 1.807) is 6.07 Å². The molecular formula is C25H28F3N5O2. The van der Waals surface area contributed by atoms with Crippen LogP contribution in [0.4, 0.5) is 18.9 Å². The Labute approximate surface area is 202 Å². The molecule has 2 aromatic carbocycles. The average Bonchev–Trinajstić information content (AvgIpc) is 3.16. The number of rotatable bonds is 7. The third-order valence-electron chi connectivity index (χ3n) is 5.22. The lowest BCUT2D eigenvalue weighted by Crippen LogP contribution is -2.36. The van der Waals surface area contributed by atoms with Gasteiger partial charge in [0.15, 0.2) is 0 Å². The molecule has 0 aliphatic heterocycles. The van der Waals surface area contributed by atoms with E-state index in [0.717, 1.165) is 54.1 Å². The van der Waals surface area contributed by atoms with E-state index in [0.29, 0.717) is 11.4 Å². The number of carbonyl (C=O) groups excluding carboxylic acids is 1. The van der Waals surface area contributed by atoms with Crippen molar-refractivity contribution in [2.45, 2.75) is 46.5 Å². The number of halogens is 3. The van der Waals surface area contributed by atoms with E-state index in [1.807, 2.05) is 36.9 Å². The number of guanidine groups is 1. The fraction of sp³-hybridized carbons (Fsp3) is 0.320. The first-order chi connectivity index (χ1) is 16.6. The van der Waals surface area contributed by atoms with Gasteiger partial charge < -0.3 is 10.1 Å². The molecule has 35 heavy (non-hydrogen) atoms. The Morgan fingerprint density at radius 1 is 1.14 bits per heavy atom. The van der Waals surface area contributed by atoms with Gasteiger partial charge in [-0.25, -0.2) is 4.99 Å². The summed E-state index contributed by atoms with van der Waals surface area (Å²) in [6.45, 7) is 6.87. The Morgan fingerprint density at radius 3 is 2.49 bits per heavy atom. The van der Waals surface area contributed by atoms with Crippen molar-refractivity contribution >= 4 is 17.6 Å². The Bertz CT molecular complexity index is 1200. The largest absolute Gasteiger partial charge is 0.495 e. The highest BCUT2D eigenvalue weighted by Gasteiger charge is 2.30. The van der Waals surface area contributed by atoms with E-state index in [4.69, 9.17) is 4.74 Å². The van der Waals surface area contributed by atoms with Gasteiger partial charge in [0, 0.05) is 23.9 Å². The molecule has 186 valence electrons. The molecule has 0 atom stereocenters. The molecule has 1 amide bonds. The van der Waals surface area contributed by atoms with Crippen molar-refractivity contribution < 1.29 is 22.7 Å². The fourth-order valence-electron chi connectivity index (χ4n) is 3.37. The Hall–Kier alpha value is -3.82. The predicted molar refractivity (Wildman–Crippen MR) is 129 cm³/mol. The maximum Gasteiger partial charge on any atom is 0.416 e. The first-order valence-corrected chi connectivity index (χ1v) is 11.1. The van der Waals surface area contributed by atoms with Crippen molar-refractivity contribution in [3.8, 4) is 5.75 Å². The molecular weight excluding hydrogens is 459 g/mol. The van der Waals surface area contributed by atoms with Crippen LogP contribution in [0.3, 0.4) is 0 Å². The number of carbonyl (C=O) groups is 1. The van der Waals surface area contributed by atoms with Crippen molar-refractivity contribution in [3.63, 3.8) is 0 Å². The first-order valence-electron chi connectivity index (χ1n) is 11.1. The second-order valence-corrected chi connectivity index (χ2v) is 8.03. The van der Waals surface area contributed by atoms with Gasteiger partial charge >= 0.3 is 6.18 Å². The van der Waals surface area contributed by atoms with Crippen LogP contribution in [0, 0.1) is 13.8 Å². The summed E-state index contributed by atoms with van der Waals surface area (Å²) in [6.07, 6.45) is -1.64. The number of hydrogen-bond donors (Lipinski definition) is 2. The standard InChI is InChI=1S/C25H28F3N5O2/c1-5-12-33-15-19(17(3)32-33)14-29-24(30-21-13-16(2)6-11-22(21)35-4)31-23(34)18-7-9-20(10-8-18)25(26,27)28/h6-11,13,15H,5,12,14H2,1-4H3,(H2,29,30,31,34). The number of ether oxygens (including phenoxy) is 1. The number of hydrogen-bond acceptors (Lipinski definition) is 4. The summed E-state index contributed by atoms with van der Waals surface area (Å²) in [7, 11) is 1.53. The highest BCUT2D eigenvalue weighted by molar-refractivity contribution is 6.10. The maximum atomic E-state index is 12.9. The third kappa shape index (κ3) is 6.84. The van der Waals surface area contributed by atoms with Crippen LogP contribution < -0.4 is 15.4 Å². The number of benzene rings is 2. The molecule has 1 heterocycles. The average molecular weight is 488 g/mol. The van der Waals surface area contributed by atoms with E-state index in [-0.39, 0.29) is 18.1 Å². The summed E-state index contributed by atoms with van der Waals surface area (Å²) in [6, 6.07) is 9.49. The summed E-state index contributed by atoms with van der Waals surface area (Å²) in [5.74, 6) is 0.0652. The number of aliphatic imine (C=N–C) groups is 1. The number of alkyl halides is 3. The Balaban J connectivity index is 1.88. The minimum absolute atomic E-state index is 0.0654. The molecule has 0 aliphatic carbocycles. The van der Waals surface area contributed by atoms with Crippen molar-refractivity contribution in [1.29, 1.82) is 0 Å². The molecule has 0 radical (unpaired) electrons. The highest BCUT2D eigenvalue weighted by Crippen LogP contribution is 2.29. The minimum atomic E-state index is -4.48. The third-order valence-corrected chi connectivity index (χ3v) is 5.22. The van der Waals surface area contributed by atoms with Crippen LogP contribution in [-0.2, 0) is 19.3 Å². The van der Waals surface area contributed by atoms with Gasteiger partial charge in [0.2, 0.25) is 5.96 Å². The summed E-state index contributed by atoms with van der Waals surface area (Å²) < 4.78 is 45.9. The minimum Gasteiger partial charge on any atom is -0.495 e. The molecule has 0 unspecified atom stereocenters. The fourth-order valence-corrected chi connectivity index (χ4v) is 3.37. The second-order valence-electron chi connectivity index (χ2n) is 8.03. The lowest BCUT2D eigenvalue weighted by molar-refractivity contribution is -0.137. The van der Waals surface area contributed by atoms with Crippen LogP contribution in [0.2, 0.25) is 0 Å². The molecule has 0 bridgehead atoms. The topological polar surface area (TPSA) is 80.5 Å². The van der Waals surface area contributed by atoms with E-state index < -0.39 is 17.6 Å². The van der Waals surface area contributed by atoms with Crippen molar-refractivity contribution in [3.05, 3.63) is 76.6 Å². The molecule has 1 aromatic heterocycles. The molecule has 0 fully saturated rings. The molecule has 3 rings (SSSR count). The van der Waals surface area contributed by atoms with Gasteiger partial charge in [0.25, 0.3) is 5.91 Å². The maximum absolute atomic E-state index is 12.9. The molecule has 7 nitrogen and oxygen atoms in total.